The lowest BCUT2D eigenvalue weighted by atomic mass is 9.65. The van der Waals surface area contributed by atoms with Gasteiger partial charge in [0, 0.05) is 40.9 Å². The van der Waals surface area contributed by atoms with E-state index < -0.39 is 0 Å². The molecule has 4 aliphatic rings. The minimum absolute atomic E-state index is 0.0399. The van der Waals surface area contributed by atoms with Gasteiger partial charge in [0.1, 0.15) is 0 Å². The molecule has 3 atom stereocenters. The number of para-hydroxylation sites is 2. The minimum Gasteiger partial charge on any atom is -0.333 e. The lowest BCUT2D eigenvalue weighted by Gasteiger charge is -2.39. The summed E-state index contributed by atoms with van der Waals surface area (Å²) in [5, 5.41) is 11.7. The Morgan fingerprint density at radius 2 is 1.42 bits per heavy atom. The van der Waals surface area contributed by atoms with Crippen LogP contribution >= 0.6 is 0 Å². The molecule has 4 aliphatic carbocycles. The molecule has 7 aromatic rings. The molecule has 3 heteroatoms. The van der Waals surface area contributed by atoms with Gasteiger partial charge in [0.2, 0.25) is 0 Å². The second kappa shape index (κ2) is 14.5. The molecule has 0 saturated heterocycles. The Morgan fingerprint density at radius 3 is 2.17 bits per heavy atom. The van der Waals surface area contributed by atoms with Crippen molar-refractivity contribution in [3.05, 3.63) is 203 Å². The van der Waals surface area contributed by atoms with Crippen molar-refractivity contribution in [2.45, 2.75) is 51.0 Å². The number of anilines is 1. The van der Waals surface area contributed by atoms with Gasteiger partial charge in [-0.2, -0.15) is 0 Å². The van der Waals surface area contributed by atoms with Gasteiger partial charge in [-0.15, -0.1) is 0 Å². The second-order valence-electron chi connectivity index (χ2n) is 16.5. The highest BCUT2D eigenvalue weighted by atomic mass is 15.2. The molecule has 284 valence electrons. The average Bonchev–Trinajstić information content (AvgIpc) is 4.04. The summed E-state index contributed by atoms with van der Waals surface area (Å²) in [6.45, 7) is 2.30. The van der Waals surface area contributed by atoms with Crippen LogP contribution in [0.3, 0.4) is 0 Å². The maximum absolute atomic E-state index is 9.17. The first-order valence-corrected chi connectivity index (χ1v) is 21.1. The van der Waals surface area contributed by atoms with E-state index in [1.54, 1.807) is 5.57 Å². The molecule has 0 aliphatic heterocycles. The van der Waals surface area contributed by atoms with E-state index in [1.165, 1.54) is 78.4 Å². The first-order chi connectivity index (χ1) is 29.1. The molecule has 0 bridgehead atoms. The summed E-state index contributed by atoms with van der Waals surface area (Å²) >= 11 is 0. The summed E-state index contributed by atoms with van der Waals surface area (Å²) in [6.07, 6.45) is 17.8. The third-order valence-corrected chi connectivity index (χ3v) is 13.1. The molecule has 59 heavy (non-hydrogen) atoms. The highest BCUT2D eigenvalue weighted by molar-refractivity contribution is 6.09. The van der Waals surface area contributed by atoms with Crippen LogP contribution in [0.1, 0.15) is 66.8 Å². The topological polar surface area (TPSA) is 32.0 Å². The molecule has 11 rings (SSSR count). The standard InChI is InChI=1S/C56H45N3/c1-37(58(55-23-13-15-42-36-51(42)55)56-22-8-4-7-19-52(56)57)43-32-44(38-24-26-40(27-25-38)50-35-41-14-5-2-3-6-16-47(41)50)34-45(33-43)39-28-30-46(31-29-39)59-53-20-11-9-17-48(53)49-18-10-12-21-54(49)59/h2-3,5-6,9-13,15-18,20-34,37,41,50,57H,8,14,19,35-36H2,1H3. The number of nitrogens with one attached hydrogen (secondary N) is 1. The van der Waals surface area contributed by atoms with Crippen LogP contribution in [0.25, 0.3) is 49.7 Å². The van der Waals surface area contributed by atoms with Gasteiger partial charge in [-0.05, 0) is 125 Å². The molecule has 1 fully saturated rings. The van der Waals surface area contributed by atoms with Crippen LogP contribution in [0.5, 0.6) is 0 Å². The fourth-order valence-electron chi connectivity index (χ4n) is 9.85. The van der Waals surface area contributed by atoms with Crippen LogP contribution in [-0.4, -0.2) is 10.3 Å². The molecule has 0 amide bonds. The normalized spacial score (nSPS) is 18.3. The molecule has 1 saturated carbocycles. The molecule has 0 spiro atoms. The van der Waals surface area contributed by atoms with Gasteiger partial charge in [-0.1, -0.05) is 133 Å². The van der Waals surface area contributed by atoms with E-state index in [0.29, 0.717) is 30.4 Å². The van der Waals surface area contributed by atoms with E-state index in [2.05, 4.69) is 198 Å². The number of hydrogen-bond acceptors (Lipinski definition) is 2. The molecule has 1 aromatic heterocycles. The Labute approximate surface area is 346 Å². The maximum atomic E-state index is 9.17. The quantitative estimate of drug-likeness (QED) is 0.154. The minimum atomic E-state index is -0.0399. The maximum Gasteiger partial charge on any atom is 0.0666 e. The zero-order valence-electron chi connectivity index (χ0n) is 33.3. The predicted octanol–water partition coefficient (Wildman–Crippen LogP) is 13.8. The summed E-state index contributed by atoms with van der Waals surface area (Å²) in [7, 11) is 0. The van der Waals surface area contributed by atoms with E-state index in [9.17, 15) is 5.41 Å². The van der Waals surface area contributed by atoms with Crippen LogP contribution in [0.2, 0.25) is 0 Å². The average molecular weight is 760 g/mol. The van der Waals surface area contributed by atoms with Gasteiger partial charge in [-0.25, -0.2) is 0 Å². The van der Waals surface area contributed by atoms with Crippen molar-refractivity contribution in [1.29, 1.82) is 5.41 Å². The summed E-state index contributed by atoms with van der Waals surface area (Å²) < 4.78 is 2.38. The van der Waals surface area contributed by atoms with Crippen LogP contribution in [0.15, 0.2) is 181 Å². The smallest absolute Gasteiger partial charge is 0.0666 e. The lowest BCUT2D eigenvalue weighted by Crippen LogP contribution is -2.30. The van der Waals surface area contributed by atoms with E-state index in [1.807, 2.05) is 0 Å². The van der Waals surface area contributed by atoms with Crippen molar-refractivity contribution in [2.24, 2.45) is 5.92 Å². The molecule has 3 nitrogen and oxygen atoms in total. The van der Waals surface area contributed by atoms with E-state index >= 15 is 0 Å². The first kappa shape index (κ1) is 35.3. The Morgan fingerprint density at radius 1 is 0.712 bits per heavy atom. The summed E-state index contributed by atoms with van der Waals surface area (Å²) in [6, 6.07) is 49.6. The summed E-state index contributed by atoms with van der Waals surface area (Å²) in [5.41, 5.74) is 18.0. The summed E-state index contributed by atoms with van der Waals surface area (Å²) in [4.78, 5) is 2.42. The zero-order valence-corrected chi connectivity index (χ0v) is 33.3. The van der Waals surface area contributed by atoms with Crippen molar-refractivity contribution < 1.29 is 0 Å². The van der Waals surface area contributed by atoms with Crippen LogP contribution in [0.4, 0.5) is 5.69 Å². The van der Waals surface area contributed by atoms with Gasteiger partial charge in [0.05, 0.1) is 34.9 Å². The van der Waals surface area contributed by atoms with Crippen molar-refractivity contribution in [2.75, 3.05) is 4.90 Å². The van der Waals surface area contributed by atoms with Gasteiger partial charge in [0.15, 0.2) is 0 Å². The number of benzene rings is 6. The van der Waals surface area contributed by atoms with E-state index in [0.717, 1.165) is 24.2 Å². The SMILES string of the molecule is CC(c1cc(-c2ccc(C3CC4CC=CC=CC=C43)cc2)cc(-c2ccc(-n3c4ccccc4c4ccccc43)cc2)c1)N(C1=CCC#CCC1=N)c1cccc2c1C2. The molecule has 1 heterocycles. The van der Waals surface area contributed by atoms with Crippen molar-refractivity contribution in [3.63, 3.8) is 0 Å². The fraction of sp³-hybridized carbons (Fsp3) is 0.161. The molecular formula is C56H45N3. The van der Waals surface area contributed by atoms with Crippen LogP contribution in [0, 0.1) is 23.2 Å². The highest BCUT2D eigenvalue weighted by Crippen LogP contribution is 2.50. The molecule has 3 unspecified atom stereocenters. The second-order valence-corrected chi connectivity index (χ2v) is 16.5. The number of aromatic nitrogens is 1. The Bertz CT molecular complexity index is 2960. The number of rotatable bonds is 8. The Kier molecular flexibility index (Phi) is 8.67. The Hall–Kier alpha value is -6.89. The number of hydrogen-bond donors (Lipinski definition) is 1. The highest BCUT2D eigenvalue weighted by Gasteiger charge is 2.35. The molecule has 1 N–H and O–H groups in total. The number of nitrogens with zero attached hydrogens (tertiary/aromatic N) is 2. The lowest BCUT2D eigenvalue weighted by molar-refractivity contribution is 0.392. The molecule has 0 radical (unpaired) electrons. The number of allylic oxidation sites excluding steroid dienone is 8. The van der Waals surface area contributed by atoms with E-state index in [-0.39, 0.29) is 6.04 Å². The fourth-order valence-corrected chi connectivity index (χ4v) is 9.85. The summed E-state index contributed by atoms with van der Waals surface area (Å²) in [5.74, 6) is 7.60. The third-order valence-electron chi connectivity index (χ3n) is 13.1. The van der Waals surface area contributed by atoms with Crippen LogP contribution in [-0.2, 0) is 6.42 Å². The Balaban J connectivity index is 1.01. The van der Waals surface area contributed by atoms with Gasteiger partial charge in [-0.3, -0.25) is 0 Å². The monoisotopic (exact) mass is 759 g/mol. The van der Waals surface area contributed by atoms with Crippen molar-refractivity contribution in [3.8, 4) is 39.8 Å². The van der Waals surface area contributed by atoms with Crippen molar-refractivity contribution in [1.82, 2.24) is 4.57 Å². The largest absolute Gasteiger partial charge is 0.333 e. The zero-order chi connectivity index (χ0) is 39.5. The molecule has 6 aromatic carbocycles. The predicted molar refractivity (Wildman–Crippen MR) is 246 cm³/mol. The van der Waals surface area contributed by atoms with Crippen LogP contribution < -0.4 is 4.90 Å². The number of fused-ring (bicyclic) bond motifs is 5. The van der Waals surface area contributed by atoms with Gasteiger partial charge < -0.3 is 14.9 Å². The van der Waals surface area contributed by atoms with Crippen molar-refractivity contribution >= 4 is 33.2 Å². The first-order valence-electron chi connectivity index (χ1n) is 21.1. The van der Waals surface area contributed by atoms with Gasteiger partial charge in [0.25, 0.3) is 0 Å². The van der Waals surface area contributed by atoms with Gasteiger partial charge >= 0.3 is 0 Å². The van der Waals surface area contributed by atoms with E-state index in [4.69, 9.17) is 0 Å². The molecular weight excluding hydrogens is 715 g/mol. The third kappa shape index (κ3) is 6.28.